The van der Waals surface area contributed by atoms with Gasteiger partial charge >= 0.3 is 0 Å². The summed E-state index contributed by atoms with van der Waals surface area (Å²) in [7, 11) is -1.32. The molecule has 0 spiro atoms. The van der Waals surface area contributed by atoms with Gasteiger partial charge in [0.2, 0.25) is 9.84 Å². The van der Waals surface area contributed by atoms with E-state index in [4.69, 9.17) is 9.47 Å². The Hall–Kier alpha value is -2.10. The molecule has 1 aliphatic rings. The summed E-state index contributed by atoms with van der Waals surface area (Å²) in [6.07, 6.45) is -0.582. The van der Waals surface area contributed by atoms with Crippen LogP contribution in [0, 0.1) is 5.82 Å². The van der Waals surface area contributed by atoms with E-state index in [0.29, 0.717) is 24.4 Å². The van der Waals surface area contributed by atoms with Gasteiger partial charge in [-0.05, 0) is 49.4 Å². The first-order valence-electron chi connectivity index (χ1n) is 8.75. The van der Waals surface area contributed by atoms with Crippen LogP contribution in [0.5, 0.6) is 11.5 Å². The van der Waals surface area contributed by atoms with Gasteiger partial charge in [-0.3, -0.25) is 0 Å². The normalized spacial score (nSPS) is 19.2. The van der Waals surface area contributed by atoms with Crippen molar-refractivity contribution in [3.63, 3.8) is 0 Å². The summed E-state index contributed by atoms with van der Waals surface area (Å²) in [5.41, 5.74) is 0.355. The zero-order chi connectivity index (χ0) is 20.3. The fraction of sp³-hybridized carbons (Fsp3) is 0.368. The molecule has 0 aliphatic carbocycles. The summed E-state index contributed by atoms with van der Waals surface area (Å²) in [5.74, 6) is -0.272. The van der Waals surface area contributed by atoms with E-state index in [1.165, 1.54) is 38.5 Å². The molecule has 2 aromatic carbocycles. The van der Waals surface area contributed by atoms with E-state index < -0.39 is 27.9 Å². The molecule has 29 heavy (non-hydrogen) atoms. The van der Waals surface area contributed by atoms with Crippen LogP contribution in [-0.2, 0) is 9.84 Å². The van der Waals surface area contributed by atoms with Crippen molar-refractivity contribution in [1.82, 2.24) is 5.32 Å². The summed E-state index contributed by atoms with van der Waals surface area (Å²) in [6.45, 7) is 0.872. The quantitative estimate of drug-likeness (QED) is 0.706. The predicted molar refractivity (Wildman–Crippen MR) is 108 cm³/mol. The number of sulfone groups is 1. The number of ether oxygens (including phenoxy) is 2. The van der Waals surface area contributed by atoms with Crippen LogP contribution >= 0.6 is 12.4 Å². The van der Waals surface area contributed by atoms with Gasteiger partial charge in [0.15, 0.2) is 0 Å². The second kappa shape index (κ2) is 9.60. The van der Waals surface area contributed by atoms with E-state index in [2.05, 4.69) is 10.6 Å². The maximum absolute atomic E-state index is 14.2. The Balaban J connectivity index is 0.00000300. The van der Waals surface area contributed by atoms with Crippen LogP contribution in [-0.4, -0.2) is 47.9 Å². The molecule has 0 saturated carbocycles. The first-order chi connectivity index (χ1) is 13.4. The first-order valence-corrected chi connectivity index (χ1v) is 10.2. The average Bonchev–Trinajstić information content (AvgIpc) is 2.69. The number of alkyl halides is 1. The highest BCUT2D eigenvalue weighted by Gasteiger charge is 2.27. The number of rotatable bonds is 6. The van der Waals surface area contributed by atoms with Crippen LogP contribution in [0.15, 0.2) is 46.2 Å². The topological polar surface area (TPSA) is 76.7 Å². The molecule has 2 N–H and O–H groups in total. The van der Waals surface area contributed by atoms with Gasteiger partial charge in [0, 0.05) is 6.54 Å². The van der Waals surface area contributed by atoms with E-state index >= 15 is 0 Å². The molecule has 1 fully saturated rings. The highest BCUT2D eigenvalue weighted by Crippen LogP contribution is 2.35. The summed E-state index contributed by atoms with van der Waals surface area (Å²) < 4.78 is 64.4. The fourth-order valence-electron chi connectivity index (χ4n) is 3.14. The summed E-state index contributed by atoms with van der Waals surface area (Å²) >= 11 is 0. The Morgan fingerprint density at radius 1 is 1.10 bits per heavy atom. The van der Waals surface area contributed by atoms with E-state index in [0.717, 1.165) is 12.1 Å². The van der Waals surface area contributed by atoms with E-state index in [9.17, 15) is 17.2 Å². The Bertz CT molecular complexity index is 959. The molecule has 0 amide bonds. The lowest BCUT2D eigenvalue weighted by molar-refractivity contribution is 0.244. The van der Waals surface area contributed by atoms with Crippen molar-refractivity contribution in [2.75, 3.05) is 32.6 Å². The molecule has 0 radical (unpaired) electrons. The zero-order valence-electron chi connectivity index (χ0n) is 15.9. The minimum Gasteiger partial charge on any atom is -0.495 e. The highest BCUT2D eigenvalue weighted by molar-refractivity contribution is 7.91. The van der Waals surface area contributed by atoms with Gasteiger partial charge in [-0.15, -0.1) is 12.4 Å². The van der Waals surface area contributed by atoms with Gasteiger partial charge in [0.25, 0.3) is 0 Å². The third kappa shape index (κ3) is 4.91. The number of methoxy groups -OCH3 is 2. The van der Waals surface area contributed by atoms with Crippen molar-refractivity contribution in [3.8, 4) is 11.5 Å². The van der Waals surface area contributed by atoms with E-state index in [-0.39, 0.29) is 34.5 Å². The maximum Gasteiger partial charge on any atom is 0.210 e. The summed E-state index contributed by atoms with van der Waals surface area (Å²) in [5, 5.41) is 6.01. The Labute approximate surface area is 174 Å². The highest BCUT2D eigenvalue weighted by atomic mass is 35.5. The smallest absolute Gasteiger partial charge is 0.210 e. The lowest BCUT2D eigenvalue weighted by atomic mass is 10.0. The van der Waals surface area contributed by atoms with Crippen molar-refractivity contribution >= 4 is 27.9 Å². The monoisotopic (exact) mass is 448 g/mol. The second-order valence-corrected chi connectivity index (χ2v) is 8.34. The Morgan fingerprint density at radius 2 is 1.79 bits per heavy atom. The molecule has 2 unspecified atom stereocenters. The van der Waals surface area contributed by atoms with Crippen molar-refractivity contribution in [1.29, 1.82) is 0 Å². The Morgan fingerprint density at radius 3 is 2.45 bits per heavy atom. The molecule has 6 nitrogen and oxygen atoms in total. The third-order valence-electron chi connectivity index (χ3n) is 4.65. The summed E-state index contributed by atoms with van der Waals surface area (Å²) in [4.78, 5) is -0.361. The van der Waals surface area contributed by atoms with Crippen LogP contribution in [0.2, 0.25) is 0 Å². The van der Waals surface area contributed by atoms with Crippen molar-refractivity contribution in [3.05, 3.63) is 42.2 Å². The van der Waals surface area contributed by atoms with Gasteiger partial charge in [0.05, 0.1) is 30.8 Å². The summed E-state index contributed by atoms with van der Waals surface area (Å²) in [6, 6.07) is 7.03. The number of benzene rings is 2. The van der Waals surface area contributed by atoms with Gasteiger partial charge in [-0.1, -0.05) is 0 Å². The molecule has 10 heteroatoms. The molecule has 3 rings (SSSR count). The lowest BCUT2D eigenvalue weighted by Crippen LogP contribution is -2.45. The first kappa shape index (κ1) is 23.2. The molecule has 2 atom stereocenters. The van der Waals surface area contributed by atoms with Crippen LogP contribution in [0.4, 0.5) is 14.5 Å². The molecule has 1 aliphatic heterocycles. The molecular formula is C19H23ClF2N2O4S. The maximum atomic E-state index is 14.2. The Kier molecular flexibility index (Phi) is 7.67. The van der Waals surface area contributed by atoms with Crippen LogP contribution in [0.3, 0.4) is 0 Å². The number of hydrogen-bond donors (Lipinski definition) is 2. The van der Waals surface area contributed by atoms with E-state index in [1.807, 2.05) is 0 Å². The number of halogens is 3. The van der Waals surface area contributed by atoms with Gasteiger partial charge in [-0.25, -0.2) is 17.2 Å². The molecule has 0 bridgehead atoms. The number of nitrogens with one attached hydrogen (secondary N) is 2. The molecule has 160 valence electrons. The second-order valence-electron chi connectivity index (χ2n) is 6.42. The largest absolute Gasteiger partial charge is 0.495 e. The minimum absolute atomic E-state index is 0. The molecule has 1 heterocycles. The number of piperidine rings is 1. The fourth-order valence-corrected chi connectivity index (χ4v) is 4.60. The third-order valence-corrected chi connectivity index (χ3v) is 6.42. The molecule has 1 saturated heterocycles. The van der Waals surface area contributed by atoms with Crippen molar-refractivity contribution in [2.24, 2.45) is 0 Å². The van der Waals surface area contributed by atoms with Crippen LogP contribution in [0.25, 0.3) is 0 Å². The number of hydrogen-bond acceptors (Lipinski definition) is 6. The average molecular weight is 449 g/mol. The van der Waals surface area contributed by atoms with Crippen molar-refractivity contribution < 1.29 is 26.7 Å². The zero-order valence-corrected chi connectivity index (χ0v) is 17.6. The lowest BCUT2D eigenvalue weighted by Gasteiger charge is -2.29. The van der Waals surface area contributed by atoms with Gasteiger partial charge in [0.1, 0.15) is 28.4 Å². The number of anilines is 1. The molecule has 0 aromatic heterocycles. The van der Waals surface area contributed by atoms with Crippen molar-refractivity contribution in [2.45, 2.75) is 28.4 Å². The molecular weight excluding hydrogens is 426 g/mol. The standard InChI is InChI=1S/C19H22F2N2O4S.ClH/c1-26-17-6-4-13(10-16(17)23-15-7-8-22-11-14(15)21)28(24,25)19-9-12(20)3-5-18(19)27-2;/h3-6,9-10,14-15,22-23H,7-8,11H2,1-2H3;1H. The predicted octanol–water partition coefficient (Wildman–Crippen LogP) is 3.21. The minimum atomic E-state index is -4.07. The van der Waals surface area contributed by atoms with Gasteiger partial charge < -0.3 is 20.1 Å². The van der Waals surface area contributed by atoms with Crippen LogP contribution < -0.4 is 20.1 Å². The SMILES string of the molecule is COc1ccc(S(=O)(=O)c2cc(F)ccc2OC)cc1NC1CCNCC1F.Cl. The van der Waals surface area contributed by atoms with E-state index in [1.54, 1.807) is 0 Å². The molecule has 2 aromatic rings. The van der Waals surface area contributed by atoms with Gasteiger partial charge in [-0.2, -0.15) is 0 Å². The van der Waals surface area contributed by atoms with Crippen LogP contribution in [0.1, 0.15) is 6.42 Å².